The quantitative estimate of drug-likeness (QED) is 0.556. The van der Waals surface area contributed by atoms with E-state index in [0.29, 0.717) is 18.7 Å². The largest absolute Gasteiger partial charge is 0.445 e. The SMILES string of the molecule is Cc1nc2c(o1)CC(=O)CC2. The highest BCUT2D eigenvalue weighted by Gasteiger charge is 2.20. The summed E-state index contributed by atoms with van der Waals surface area (Å²) in [6.45, 7) is 1.81. The molecule has 0 atom stereocenters. The van der Waals surface area contributed by atoms with Crippen molar-refractivity contribution in [3.8, 4) is 0 Å². The lowest BCUT2D eigenvalue weighted by Gasteiger charge is -2.05. The number of carbonyl (C=O) groups excluding carboxylic acids is 1. The van der Waals surface area contributed by atoms with E-state index in [1.165, 1.54) is 0 Å². The summed E-state index contributed by atoms with van der Waals surface area (Å²) in [6.07, 6.45) is 1.82. The van der Waals surface area contributed by atoms with Crippen LogP contribution in [0, 0.1) is 6.92 Å². The standard InChI is InChI=1S/C8H9NO2/c1-5-9-7-3-2-6(10)4-8(7)11-5/h2-4H2,1H3. The number of hydrogen-bond donors (Lipinski definition) is 0. The van der Waals surface area contributed by atoms with Crippen molar-refractivity contribution in [2.45, 2.75) is 26.2 Å². The van der Waals surface area contributed by atoms with Gasteiger partial charge in [0.15, 0.2) is 5.89 Å². The summed E-state index contributed by atoms with van der Waals surface area (Å²) in [5.41, 5.74) is 0.974. The summed E-state index contributed by atoms with van der Waals surface area (Å²) in [5.74, 6) is 1.71. The molecule has 1 aliphatic rings. The summed E-state index contributed by atoms with van der Waals surface area (Å²) >= 11 is 0. The van der Waals surface area contributed by atoms with Gasteiger partial charge in [-0.3, -0.25) is 4.79 Å². The van der Waals surface area contributed by atoms with Crippen LogP contribution in [-0.4, -0.2) is 10.8 Å². The third-order valence-corrected chi connectivity index (χ3v) is 1.88. The second-order valence-corrected chi connectivity index (χ2v) is 2.82. The smallest absolute Gasteiger partial charge is 0.191 e. The minimum absolute atomic E-state index is 0.258. The van der Waals surface area contributed by atoms with Crippen LogP contribution < -0.4 is 0 Å². The fourth-order valence-electron chi connectivity index (χ4n) is 1.37. The third kappa shape index (κ3) is 1.06. The van der Waals surface area contributed by atoms with E-state index in [9.17, 15) is 4.79 Å². The van der Waals surface area contributed by atoms with E-state index in [4.69, 9.17) is 4.42 Å². The first-order valence-electron chi connectivity index (χ1n) is 3.72. The van der Waals surface area contributed by atoms with Crippen molar-refractivity contribution < 1.29 is 9.21 Å². The molecule has 0 fully saturated rings. The van der Waals surface area contributed by atoms with Gasteiger partial charge in [0.05, 0.1) is 12.1 Å². The zero-order chi connectivity index (χ0) is 7.84. The number of nitrogens with zero attached hydrogens (tertiary/aromatic N) is 1. The maximum Gasteiger partial charge on any atom is 0.191 e. The summed E-state index contributed by atoms with van der Waals surface area (Å²) in [6, 6.07) is 0. The number of carbonyl (C=O) groups is 1. The first-order valence-corrected chi connectivity index (χ1v) is 3.72. The Morgan fingerprint density at radius 1 is 1.45 bits per heavy atom. The Morgan fingerprint density at radius 2 is 2.27 bits per heavy atom. The fourth-order valence-corrected chi connectivity index (χ4v) is 1.37. The van der Waals surface area contributed by atoms with Crippen LogP contribution in [0.15, 0.2) is 4.42 Å². The average molecular weight is 151 g/mol. The number of aromatic nitrogens is 1. The van der Waals surface area contributed by atoms with Gasteiger partial charge in [-0.05, 0) is 0 Å². The molecule has 0 saturated carbocycles. The Hall–Kier alpha value is -1.12. The highest BCUT2D eigenvalue weighted by molar-refractivity contribution is 5.82. The Balaban J connectivity index is 2.41. The van der Waals surface area contributed by atoms with E-state index in [0.717, 1.165) is 17.9 Å². The number of fused-ring (bicyclic) bond motifs is 1. The molecule has 0 aromatic carbocycles. The highest BCUT2D eigenvalue weighted by atomic mass is 16.4. The molecule has 0 aliphatic heterocycles. The van der Waals surface area contributed by atoms with Crippen molar-refractivity contribution in [2.24, 2.45) is 0 Å². The van der Waals surface area contributed by atoms with Crippen molar-refractivity contribution in [3.05, 3.63) is 17.3 Å². The molecule has 0 spiro atoms. The molecule has 0 saturated heterocycles. The molecule has 1 heterocycles. The average Bonchev–Trinajstić information content (AvgIpc) is 2.27. The predicted octanol–water partition coefficient (Wildman–Crippen LogP) is 1.04. The normalized spacial score (nSPS) is 16.6. The molecule has 0 radical (unpaired) electrons. The van der Waals surface area contributed by atoms with E-state index < -0.39 is 0 Å². The van der Waals surface area contributed by atoms with Crippen molar-refractivity contribution in [2.75, 3.05) is 0 Å². The minimum atomic E-state index is 0.258. The first kappa shape index (κ1) is 6.58. The highest BCUT2D eigenvalue weighted by Crippen LogP contribution is 2.18. The molecule has 3 heteroatoms. The third-order valence-electron chi connectivity index (χ3n) is 1.88. The van der Waals surface area contributed by atoms with E-state index in [1.54, 1.807) is 0 Å². The predicted molar refractivity (Wildman–Crippen MR) is 38.3 cm³/mol. The summed E-state index contributed by atoms with van der Waals surface area (Å²) in [5, 5.41) is 0. The zero-order valence-electron chi connectivity index (χ0n) is 6.39. The maximum atomic E-state index is 10.9. The number of oxazole rings is 1. The van der Waals surface area contributed by atoms with Crippen LogP contribution in [0.5, 0.6) is 0 Å². The van der Waals surface area contributed by atoms with E-state index in [-0.39, 0.29) is 5.78 Å². The minimum Gasteiger partial charge on any atom is -0.445 e. The lowest BCUT2D eigenvalue weighted by atomic mass is 10.0. The van der Waals surface area contributed by atoms with Crippen molar-refractivity contribution in [1.29, 1.82) is 0 Å². The molecule has 0 unspecified atom stereocenters. The molecule has 0 bridgehead atoms. The molecule has 3 nitrogen and oxygen atoms in total. The van der Waals surface area contributed by atoms with Gasteiger partial charge < -0.3 is 4.42 Å². The lowest BCUT2D eigenvalue weighted by Crippen LogP contribution is -2.11. The Bertz CT molecular complexity index is 301. The van der Waals surface area contributed by atoms with Gasteiger partial charge in [0.1, 0.15) is 11.5 Å². The van der Waals surface area contributed by atoms with Crippen molar-refractivity contribution >= 4 is 5.78 Å². The molecule has 11 heavy (non-hydrogen) atoms. The first-order chi connectivity index (χ1) is 5.25. The Labute approximate surface area is 64.4 Å². The van der Waals surface area contributed by atoms with E-state index >= 15 is 0 Å². The Morgan fingerprint density at radius 3 is 3.09 bits per heavy atom. The fraction of sp³-hybridized carbons (Fsp3) is 0.500. The van der Waals surface area contributed by atoms with Gasteiger partial charge in [0.25, 0.3) is 0 Å². The second kappa shape index (κ2) is 2.19. The van der Waals surface area contributed by atoms with Gasteiger partial charge in [-0.1, -0.05) is 0 Å². The molecule has 0 N–H and O–H groups in total. The molecular formula is C8H9NO2. The monoisotopic (exact) mass is 151 g/mol. The van der Waals surface area contributed by atoms with Crippen LogP contribution in [-0.2, 0) is 17.6 Å². The van der Waals surface area contributed by atoms with Gasteiger partial charge >= 0.3 is 0 Å². The van der Waals surface area contributed by atoms with Crippen LogP contribution >= 0.6 is 0 Å². The van der Waals surface area contributed by atoms with Gasteiger partial charge in [-0.2, -0.15) is 0 Å². The number of rotatable bonds is 0. The van der Waals surface area contributed by atoms with E-state index in [2.05, 4.69) is 4.98 Å². The van der Waals surface area contributed by atoms with Crippen LogP contribution in [0.2, 0.25) is 0 Å². The number of hydrogen-bond acceptors (Lipinski definition) is 3. The molecule has 1 aromatic heterocycles. The van der Waals surface area contributed by atoms with Gasteiger partial charge in [0, 0.05) is 19.8 Å². The van der Waals surface area contributed by atoms with Gasteiger partial charge in [0.2, 0.25) is 0 Å². The van der Waals surface area contributed by atoms with Gasteiger partial charge in [-0.15, -0.1) is 0 Å². The number of ketones is 1. The molecule has 1 aliphatic carbocycles. The zero-order valence-corrected chi connectivity index (χ0v) is 6.39. The van der Waals surface area contributed by atoms with Crippen molar-refractivity contribution in [3.63, 3.8) is 0 Å². The second-order valence-electron chi connectivity index (χ2n) is 2.82. The number of aryl methyl sites for hydroxylation is 2. The Kier molecular flexibility index (Phi) is 1.31. The molecular weight excluding hydrogens is 142 g/mol. The maximum absolute atomic E-state index is 10.9. The molecule has 2 rings (SSSR count). The molecule has 1 aromatic rings. The van der Waals surface area contributed by atoms with Gasteiger partial charge in [-0.25, -0.2) is 4.98 Å². The summed E-state index contributed by atoms with van der Waals surface area (Å²) < 4.78 is 5.24. The summed E-state index contributed by atoms with van der Waals surface area (Å²) in [7, 11) is 0. The van der Waals surface area contributed by atoms with Crippen LogP contribution in [0.3, 0.4) is 0 Å². The lowest BCUT2D eigenvalue weighted by molar-refractivity contribution is -0.119. The van der Waals surface area contributed by atoms with Crippen LogP contribution in [0.4, 0.5) is 0 Å². The molecule has 58 valence electrons. The van der Waals surface area contributed by atoms with Crippen LogP contribution in [0.1, 0.15) is 23.8 Å². The van der Waals surface area contributed by atoms with E-state index in [1.807, 2.05) is 6.92 Å². The number of Topliss-reactive ketones (excluding diaryl/α,β-unsaturated/α-hetero) is 1. The van der Waals surface area contributed by atoms with Crippen molar-refractivity contribution in [1.82, 2.24) is 4.98 Å². The topological polar surface area (TPSA) is 43.1 Å². The summed E-state index contributed by atoms with van der Waals surface area (Å²) in [4.78, 5) is 15.1. The molecule has 0 amide bonds. The van der Waals surface area contributed by atoms with Crippen LogP contribution in [0.25, 0.3) is 0 Å².